The lowest BCUT2D eigenvalue weighted by Gasteiger charge is -2.46. The van der Waals surface area contributed by atoms with E-state index in [2.05, 4.69) is 129 Å². The number of aliphatic hydroxyl groups excluding tert-OH is 8. The second kappa shape index (κ2) is 45.4. The first kappa shape index (κ1) is 67.5. The number of carbonyl (C=O) groups is 1. The Morgan fingerprint density at radius 1 is 0.493 bits per heavy atom. The normalized spacial score (nSPS) is 26.0. The fourth-order valence-corrected chi connectivity index (χ4v) is 8.30. The first-order chi connectivity index (χ1) is 36.6. The molecular formula is C61H99NO13. The molecule has 2 saturated heterocycles. The van der Waals surface area contributed by atoms with E-state index in [-0.39, 0.29) is 18.9 Å². The molecule has 0 aromatic heterocycles. The average molecular weight is 1050 g/mol. The minimum atomic E-state index is -1.80. The summed E-state index contributed by atoms with van der Waals surface area (Å²) in [5.74, 6) is -0.280. The second-order valence-corrected chi connectivity index (χ2v) is 19.3. The Kier molecular flexibility index (Phi) is 40.9. The number of nitrogens with one attached hydrogen (secondary N) is 1. The quantitative estimate of drug-likeness (QED) is 0.0206. The number of allylic oxidation sites excluding steroid dienone is 19. The van der Waals surface area contributed by atoms with Crippen molar-refractivity contribution in [3.63, 3.8) is 0 Å². The Labute approximate surface area is 450 Å². The Bertz CT molecular complexity index is 1720. The molecule has 0 aromatic rings. The Morgan fingerprint density at radius 2 is 0.933 bits per heavy atom. The van der Waals surface area contributed by atoms with E-state index in [0.29, 0.717) is 12.8 Å². The van der Waals surface area contributed by atoms with E-state index in [1.54, 1.807) is 6.08 Å². The van der Waals surface area contributed by atoms with Crippen LogP contribution in [0.15, 0.2) is 122 Å². The van der Waals surface area contributed by atoms with Crippen molar-refractivity contribution in [2.24, 2.45) is 0 Å². The van der Waals surface area contributed by atoms with Gasteiger partial charge < -0.3 is 65.1 Å². The predicted octanol–water partition coefficient (Wildman–Crippen LogP) is 9.05. The van der Waals surface area contributed by atoms with Gasteiger partial charge in [0.1, 0.15) is 48.8 Å². The fourth-order valence-electron chi connectivity index (χ4n) is 8.30. The predicted molar refractivity (Wildman–Crippen MR) is 299 cm³/mol. The molecule has 12 unspecified atom stereocenters. The molecule has 0 aliphatic carbocycles. The number of hydrogen-bond acceptors (Lipinski definition) is 13. The third-order valence-electron chi connectivity index (χ3n) is 12.9. The fraction of sp³-hybridized carbons (Fsp3) is 0.656. The maximum Gasteiger partial charge on any atom is 0.220 e. The molecule has 2 heterocycles. The largest absolute Gasteiger partial charge is 0.394 e. The van der Waals surface area contributed by atoms with Crippen LogP contribution in [0.5, 0.6) is 0 Å². The van der Waals surface area contributed by atoms with Gasteiger partial charge in [-0.25, -0.2) is 0 Å². The van der Waals surface area contributed by atoms with Crippen LogP contribution in [0.3, 0.4) is 0 Å². The van der Waals surface area contributed by atoms with Gasteiger partial charge >= 0.3 is 0 Å². The molecule has 9 N–H and O–H groups in total. The van der Waals surface area contributed by atoms with Crippen molar-refractivity contribution in [2.75, 3.05) is 19.8 Å². The van der Waals surface area contributed by atoms with E-state index >= 15 is 0 Å². The lowest BCUT2D eigenvalue weighted by atomic mass is 9.97. The summed E-state index contributed by atoms with van der Waals surface area (Å²) >= 11 is 0. The van der Waals surface area contributed by atoms with Gasteiger partial charge in [0.05, 0.1) is 32.0 Å². The number of unbranched alkanes of at least 4 members (excludes halogenated alkanes) is 11. The van der Waals surface area contributed by atoms with E-state index in [1.165, 1.54) is 25.7 Å². The number of carbonyl (C=O) groups excluding carboxylic acids is 1. The van der Waals surface area contributed by atoms with Gasteiger partial charge in [-0.05, 0) is 103 Å². The van der Waals surface area contributed by atoms with E-state index in [1.807, 2.05) is 6.08 Å². The SMILES string of the molecule is CC/C=C\C/C=C\C/C=C\C/C=C\C/C=C\C/C=C\C/C=C\CCCCCCCC(=O)NC(COC1OC(CO)C(OC2OC(CO)C(O)C(O)C2O)C(O)C1O)C(O)/C=C/CC/C=C/CC/C=C/CCCCCC. The lowest BCUT2D eigenvalue weighted by molar-refractivity contribution is -0.359. The molecule has 14 heteroatoms. The number of ether oxygens (including phenoxy) is 4. The number of hydrogen-bond donors (Lipinski definition) is 9. The molecule has 2 aliphatic rings. The molecule has 2 fully saturated rings. The third kappa shape index (κ3) is 31.4. The van der Waals surface area contributed by atoms with Crippen molar-refractivity contribution in [3.05, 3.63) is 122 Å². The maximum atomic E-state index is 13.2. The topological polar surface area (TPSA) is 228 Å². The van der Waals surface area contributed by atoms with Gasteiger partial charge in [-0.15, -0.1) is 0 Å². The summed E-state index contributed by atoms with van der Waals surface area (Å²) in [6.45, 7) is 2.58. The molecule has 0 aromatic carbocycles. The van der Waals surface area contributed by atoms with Crippen molar-refractivity contribution < 1.29 is 64.6 Å². The highest BCUT2D eigenvalue weighted by atomic mass is 16.7. The standard InChI is InChI=1S/C61H99NO13/c1-3-5-7-9-11-13-15-17-19-20-21-22-23-24-25-26-27-28-29-30-31-33-35-37-39-41-43-45-53(66)62-49(50(65)44-42-40-38-36-34-32-18-16-14-12-10-8-6-4-2)48-72-60-58(71)56(69)59(52(47-64)74-60)75-61-57(70)55(68)54(67)51(46-63)73-61/h5,7,11,13-14,16-17,19,21-22,24-25,27-28,30-31,34,36,42,44,49-52,54-61,63-65,67-71H,3-4,6,8-10,12,15,18,20,23,26,29,32-33,35,37-41,43,45-48H2,1-2H3,(H,62,66)/b7-5-,13-11-,16-14+,19-17-,22-21-,25-24-,28-27-,31-30-,36-34+,44-42+. The molecule has 75 heavy (non-hydrogen) atoms. The van der Waals surface area contributed by atoms with Crippen LogP contribution >= 0.6 is 0 Å². The lowest BCUT2D eigenvalue weighted by Crippen LogP contribution is -2.65. The summed E-state index contributed by atoms with van der Waals surface area (Å²) in [5, 5.41) is 86.9. The van der Waals surface area contributed by atoms with E-state index < -0.39 is 86.8 Å². The van der Waals surface area contributed by atoms with Crippen LogP contribution in [-0.4, -0.2) is 140 Å². The molecule has 0 saturated carbocycles. The summed E-state index contributed by atoms with van der Waals surface area (Å²) < 4.78 is 22.7. The highest BCUT2D eigenvalue weighted by Gasteiger charge is 2.51. The molecule has 0 radical (unpaired) electrons. The zero-order valence-electron chi connectivity index (χ0n) is 45.5. The molecule has 0 bridgehead atoms. The van der Waals surface area contributed by atoms with Gasteiger partial charge in [-0.1, -0.05) is 174 Å². The Hall–Kier alpha value is -3.61. The van der Waals surface area contributed by atoms with Crippen LogP contribution in [0.4, 0.5) is 0 Å². The van der Waals surface area contributed by atoms with Crippen molar-refractivity contribution in [3.8, 4) is 0 Å². The van der Waals surface area contributed by atoms with Gasteiger partial charge in [0.2, 0.25) is 5.91 Å². The minimum absolute atomic E-state index is 0.239. The zero-order valence-corrected chi connectivity index (χ0v) is 45.5. The number of aliphatic hydroxyl groups is 8. The molecule has 2 rings (SSSR count). The number of rotatable bonds is 42. The molecule has 426 valence electrons. The molecule has 14 nitrogen and oxygen atoms in total. The van der Waals surface area contributed by atoms with Crippen LogP contribution in [0.2, 0.25) is 0 Å². The van der Waals surface area contributed by atoms with Crippen molar-refractivity contribution in [1.82, 2.24) is 5.32 Å². The molecule has 0 spiro atoms. The van der Waals surface area contributed by atoms with E-state index in [0.717, 1.165) is 103 Å². The Balaban J connectivity index is 1.79. The maximum absolute atomic E-state index is 13.2. The van der Waals surface area contributed by atoms with Crippen LogP contribution in [-0.2, 0) is 23.7 Å². The van der Waals surface area contributed by atoms with E-state index in [9.17, 15) is 45.6 Å². The average Bonchev–Trinajstić information content (AvgIpc) is 3.41. The van der Waals surface area contributed by atoms with Gasteiger partial charge in [0.15, 0.2) is 12.6 Å². The van der Waals surface area contributed by atoms with Crippen LogP contribution in [0.1, 0.15) is 162 Å². The van der Waals surface area contributed by atoms with Crippen molar-refractivity contribution in [2.45, 2.75) is 235 Å². The highest BCUT2D eigenvalue weighted by Crippen LogP contribution is 2.30. The summed E-state index contributed by atoms with van der Waals surface area (Å²) in [5.41, 5.74) is 0. The van der Waals surface area contributed by atoms with Crippen LogP contribution in [0, 0.1) is 0 Å². The van der Waals surface area contributed by atoms with Gasteiger partial charge in [0, 0.05) is 6.42 Å². The third-order valence-corrected chi connectivity index (χ3v) is 12.9. The summed E-state index contributed by atoms with van der Waals surface area (Å²) in [7, 11) is 0. The Morgan fingerprint density at radius 3 is 1.47 bits per heavy atom. The minimum Gasteiger partial charge on any atom is -0.394 e. The van der Waals surface area contributed by atoms with Crippen molar-refractivity contribution in [1.29, 1.82) is 0 Å². The second-order valence-electron chi connectivity index (χ2n) is 19.3. The summed E-state index contributed by atoms with van der Waals surface area (Å²) in [6.07, 6.45) is 48.0. The van der Waals surface area contributed by atoms with Crippen LogP contribution in [0.25, 0.3) is 0 Å². The molecular weight excluding hydrogens is 955 g/mol. The monoisotopic (exact) mass is 1050 g/mol. The number of amides is 1. The summed E-state index contributed by atoms with van der Waals surface area (Å²) in [6, 6.07) is -0.957. The van der Waals surface area contributed by atoms with Gasteiger partial charge in [-0.3, -0.25) is 4.79 Å². The first-order valence-electron chi connectivity index (χ1n) is 28.3. The highest BCUT2D eigenvalue weighted by molar-refractivity contribution is 5.76. The van der Waals surface area contributed by atoms with Gasteiger partial charge in [0.25, 0.3) is 0 Å². The van der Waals surface area contributed by atoms with E-state index in [4.69, 9.17) is 18.9 Å². The summed E-state index contributed by atoms with van der Waals surface area (Å²) in [4.78, 5) is 13.2. The van der Waals surface area contributed by atoms with Crippen LogP contribution < -0.4 is 5.32 Å². The molecule has 12 atom stereocenters. The molecule has 2 aliphatic heterocycles. The zero-order chi connectivity index (χ0) is 54.6. The first-order valence-corrected chi connectivity index (χ1v) is 28.3. The smallest absolute Gasteiger partial charge is 0.220 e. The molecule has 1 amide bonds. The van der Waals surface area contributed by atoms with Crippen molar-refractivity contribution >= 4 is 5.91 Å². The van der Waals surface area contributed by atoms with Gasteiger partial charge in [-0.2, -0.15) is 0 Å².